The van der Waals surface area contributed by atoms with Crippen LogP contribution in [0.15, 0.2) is 36.4 Å². The standard InChI is InChI=1S/C20H25NO3/c1-20(2)10-9-17-15-16(7-8-18(17)24-20)5-3-4-6-19(22)21-11-13-23-14-12-21/h3-8,15H,9-14H2,1-2H3. The number of amides is 1. The number of carbonyl (C=O) groups excluding carboxylic acids is 1. The van der Waals surface area contributed by atoms with Crippen LogP contribution >= 0.6 is 0 Å². The third-order valence-electron chi connectivity index (χ3n) is 4.43. The largest absolute Gasteiger partial charge is 0.488 e. The Bertz CT molecular complexity index is 655. The Morgan fingerprint density at radius 1 is 1.21 bits per heavy atom. The Kier molecular flexibility index (Phi) is 5.05. The maximum Gasteiger partial charge on any atom is 0.246 e. The molecule has 128 valence electrons. The number of allylic oxidation sites excluding steroid dienone is 2. The van der Waals surface area contributed by atoms with Crippen LogP contribution in [0.5, 0.6) is 5.75 Å². The average Bonchev–Trinajstić information content (AvgIpc) is 2.58. The third kappa shape index (κ3) is 4.26. The molecule has 0 aromatic heterocycles. The Labute approximate surface area is 143 Å². The minimum Gasteiger partial charge on any atom is -0.488 e. The normalized spacial score (nSPS) is 20.2. The zero-order valence-electron chi connectivity index (χ0n) is 14.5. The van der Waals surface area contributed by atoms with E-state index < -0.39 is 0 Å². The quantitative estimate of drug-likeness (QED) is 0.632. The Hall–Kier alpha value is -2.07. The van der Waals surface area contributed by atoms with Crippen molar-refractivity contribution in [3.8, 4) is 5.75 Å². The second kappa shape index (κ2) is 7.22. The van der Waals surface area contributed by atoms with Crippen LogP contribution in [-0.4, -0.2) is 42.7 Å². The number of hydrogen-bond donors (Lipinski definition) is 0. The second-order valence-corrected chi connectivity index (χ2v) is 6.88. The van der Waals surface area contributed by atoms with E-state index in [2.05, 4.69) is 19.9 Å². The monoisotopic (exact) mass is 327 g/mol. The van der Waals surface area contributed by atoms with E-state index in [1.165, 1.54) is 5.56 Å². The molecule has 1 aromatic rings. The number of aryl methyl sites for hydroxylation is 1. The molecule has 0 atom stereocenters. The van der Waals surface area contributed by atoms with Crippen LogP contribution in [-0.2, 0) is 16.0 Å². The van der Waals surface area contributed by atoms with E-state index in [-0.39, 0.29) is 11.5 Å². The molecule has 4 heteroatoms. The average molecular weight is 327 g/mol. The van der Waals surface area contributed by atoms with Gasteiger partial charge in [-0.2, -0.15) is 0 Å². The van der Waals surface area contributed by atoms with Gasteiger partial charge in [0.25, 0.3) is 0 Å². The van der Waals surface area contributed by atoms with Gasteiger partial charge in [-0.05, 0) is 49.9 Å². The summed E-state index contributed by atoms with van der Waals surface area (Å²) in [6.07, 6.45) is 9.41. The second-order valence-electron chi connectivity index (χ2n) is 6.88. The van der Waals surface area contributed by atoms with Crippen molar-refractivity contribution in [2.75, 3.05) is 26.3 Å². The molecule has 1 amide bonds. The minimum atomic E-state index is -0.0764. The van der Waals surface area contributed by atoms with Crippen LogP contribution in [0.25, 0.3) is 6.08 Å². The van der Waals surface area contributed by atoms with Crippen LogP contribution < -0.4 is 4.74 Å². The van der Waals surface area contributed by atoms with Gasteiger partial charge in [0.1, 0.15) is 11.4 Å². The highest BCUT2D eigenvalue weighted by molar-refractivity contribution is 5.88. The number of ether oxygens (including phenoxy) is 2. The van der Waals surface area contributed by atoms with Gasteiger partial charge in [0, 0.05) is 19.2 Å². The van der Waals surface area contributed by atoms with Crippen molar-refractivity contribution in [3.05, 3.63) is 47.6 Å². The van der Waals surface area contributed by atoms with Crippen molar-refractivity contribution in [1.82, 2.24) is 4.90 Å². The van der Waals surface area contributed by atoms with Crippen molar-refractivity contribution in [1.29, 1.82) is 0 Å². The lowest BCUT2D eigenvalue weighted by molar-refractivity contribution is -0.129. The molecule has 0 unspecified atom stereocenters. The topological polar surface area (TPSA) is 38.8 Å². The zero-order chi connectivity index (χ0) is 17.0. The molecule has 0 saturated carbocycles. The van der Waals surface area contributed by atoms with Gasteiger partial charge in [-0.1, -0.05) is 24.3 Å². The third-order valence-corrected chi connectivity index (χ3v) is 4.43. The molecule has 24 heavy (non-hydrogen) atoms. The van der Waals surface area contributed by atoms with Crippen molar-refractivity contribution < 1.29 is 14.3 Å². The van der Waals surface area contributed by atoms with Crippen LogP contribution in [0.2, 0.25) is 0 Å². The van der Waals surface area contributed by atoms with Gasteiger partial charge in [-0.15, -0.1) is 0 Å². The molecule has 2 aliphatic heterocycles. The highest BCUT2D eigenvalue weighted by Crippen LogP contribution is 2.33. The Morgan fingerprint density at radius 2 is 2.00 bits per heavy atom. The molecule has 0 aliphatic carbocycles. The molecule has 2 aliphatic rings. The van der Waals surface area contributed by atoms with Crippen molar-refractivity contribution in [2.24, 2.45) is 0 Å². The summed E-state index contributed by atoms with van der Waals surface area (Å²) < 4.78 is 11.2. The van der Waals surface area contributed by atoms with Gasteiger partial charge in [-0.3, -0.25) is 4.79 Å². The Balaban J connectivity index is 1.59. The van der Waals surface area contributed by atoms with Crippen LogP contribution in [0.3, 0.4) is 0 Å². The predicted molar refractivity (Wildman–Crippen MR) is 95.0 cm³/mol. The number of benzene rings is 1. The van der Waals surface area contributed by atoms with E-state index in [9.17, 15) is 4.79 Å². The number of hydrogen-bond acceptors (Lipinski definition) is 3. The summed E-state index contributed by atoms with van der Waals surface area (Å²) in [5.41, 5.74) is 2.30. The van der Waals surface area contributed by atoms with Gasteiger partial charge in [-0.25, -0.2) is 0 Å². The summed E-state index contributed by atoms with van der Waals surface area (Å²) in [6, 6.07) is 6.26. The number of carbonyl (C=O) groups is 1. The highest BCUT2D eigenvalue weighted by Gasteiger charge is 2.26. The summed E-state index contributed by atoms with van der Waals surface area (Å²) in [6.45, 7) is 6.86. The SMILES string of the molecule is CC1(C)CCc2cc(C=CC=CC(=O)N3CCOCC3)ccc2O1. The summed E-state index contributed by atoms with van der Waals surface area (Å²) in [5, 5.41) is 0. The number of nitrogens with zero attached hydrogens (tertiary/aromatic N) is 1. The lowest BCUT2D eigenvalue weighted by Crippen LogP contribution is -2.39. The van der Waals surface area contributed by atoms with E-state index in [4.69, 9.17) is 9.47 Å². The van der Waals surface area contributed by atoms with Crippen molar-refractivity contribution >= 4 is 12.0 Å². The van der Waals surface area contributed by atoms with Crippen molar-refractivity contribution in [2.45, 2.75) is 32.3 Å². The molecule has 3 rings (SSSR count). The fraction of sp³-hybridized carbons (Fsp3) is 0.450. The van der Waals surface area contributed by atoms with Gasteiger partial charge in [0.2, 0.25) is 5.91 Å². The van der Waals surface area contributed by atoms with Crippen LogP contribution in [0.4, 0.5) is 0 Å². The maximum atomic E-state index is 12.0. The summed E-state index contributed by atoms with van der Waals surface area (Å²) in [7, 11) is 0. The van der Waals surface area contributed by atoms with E-state index in [1.807, 2.05) is 29.2 Å². The molecule has 2 heterocycles. The lowest BCUT2D eigenvalue weighted by Gasteiger charge is -2.32. The minimum absolute atomic E-state index is 0.0454. The summed E-state index contributed by atoms with van der Waals surface area (Å²) >= 11 is 0. The molecular formula is C20H25NO3. The molecule has 0 N–H and O–H groups in total. The Morgan fingerprint density at radius 3 is 2.79 bits per heavy atom. The summed E-state index contributed by atoms with van der Waals surface area (Å²) in [4.78, 5) is 13.8. The molecule has 1 aromatic carbocycles. The molecule has 0 radical (unpaired) electrons. The molecule has 0 spiro atoms. The number of rotatable bonds is 3. The van der Waals surface area contributed by atoms with E-state index in [0.717, 1.165) is 24.2 Å². The first-order valence-corrected chi connectivity index (χ1v) is 8.57. The highest BCUT2D eigenvalue weighted by atomic mass is 16.5. The number of fused-ring (bicyclic) bond motifs is 1. The predicted octanol–water partition coefficient (Wildman–Crippen LogP) is 3.22. The van der Waals surface area contributed by atoms with E-state index >= 15 is 0 Å². The molecule has 1 saturated heterocycles. The maximum absolute atomic E-state index is 12.0. The molecule has 0 bridgehead atoms. The van der Waals surface area contributed by atoms with Crippen molar-refractivity contribution in [3.63, 3.8) is 0 Å². The van der Waals surface area contributed by atoms with Gasteiger partial charge < -0.3 is 14.4 Å². The number of morpholine rings is 1. The first kappa shape index (κ1) is 16.8. The van der Waals surface area contributed by atoms with Gasteiger partial charge in [0.15, 0.2) is 0 Å². The smallest absolute Gasteiger partial charge is 0.246 e. The first-order chi connectivity index (χ1) is 11.5. The summed E-state index contributed by atoms with van der Waals surface area (Å²) in [5.74, 6) is 1.03. The van der Waals surface area contributed by atoms with Gasteiger partial charge >= 0.3 is 0 Å². The van der Waals surface area contributed by atoms with E-state index in [1.54, 1.807) is 12.2 Å². The first-order valence-electron chi connectivity index (χ1n) is 8.57. The fourth-order valence-corrected chi connectivity index (χ4v) is 2.98. The van der Waals surface area contributed by atoms with Gasteiger partial charge in [0.05, 0.1) is 13.2 Å². The molecule has 4 nitrogen and oxygen atoms in total. The van der Waals surface area contributed by atoms with Crippen LogP contribution in [0, 0.1) is 0 Å². The fourth-order valence-electron chi connectivity index (χ4n) is 2.98. The molecular weight excluding hydrogens is 302 g/mol. The van der Waals surface area contributed by atoms with Crippen LogP contribution in [0.1, 0.15) is 31.4 Å². The lowest BCUT2D eigenvalue weighted by atomic mass is 9.93. The molecule has 1 fully saturated rings. The zero-order valence-corrected chi connectivity index (χ0v) is 14.5. The van der Waals surface area contributed by atoms with E-state index in [0.29, 0.717) is 26.3 Å².